The number of amides is 1. The Morgan fingerprint density at radius 1 is 0.850 bits per heavy atom. The van der Waals surface area contributed by atoms with Crippen LogP contribution < -0.4 is 11.1 Å². The predicted molar refractivity (Wildman–Crippen MR) is 162 cm³/mol. The van der Waals surface area contributed by atoms with Crippen LogP contribution in [0.3, 0.4) is 0 Å². The van der Waals surface area contributed by atoms with Crippen LogP contribution in [0.2, 0.25) is 0 Å². The minimum atomic E-state index is -0.657. The summed E-state index contributed by atoms with van der Waals surface area (Å²) in [5.41, 5.74) is 12.1. The fourth-order valence-corrected chi connectivity index (χ4v) is 4.59. The molecule has 0 heterocycles. The lowest BCUT2D eigenvalue weighted by atomic mass is 9.90. The van der Waals surface area contributed by atoms with Crippen molar-refractivity contribution in [1.82, 2.24) is 5.32 Å². The third kappa shape index (κ3) is 7.81. The van der Waals surface area contributed by atoms with E-state index in [2.05, 4.69) is 24.0 Å². The highest BCUT2D eigenvalue weighted by Crippen LogP contribution is 2.21. The molecule has 0 saturated heterocycles. The Balaban J connectivity index is 1.56. The first-order valence-electron chi connectivity index (χ1n) is 13.2. The lowest BCUT2D eigenvalue weighted by molar-refractivity contribution is -0.146. The number of carbonyl (C=O) groups excluding carboxylic acids is 2. The molecular formula is C35H34N2O3. The molecule has 5 heteroatoms. The van der Waals surface area contributed by atoms with Crippen molar-refractivity contribution in [3.63, 3.8) is 0 Å². The number of benzene rings is 4. The largest absolute Gasteiger partial charge is 0.469 e. The Bertz CT molecular complexity index is 1460. The fraction of sp³-hybridized carbons (Fsp3) is 0.143. The average molecular weight is 531 g/mol. The van der Waals surface area contributed by atoms with E-state index in [9.17, 15) is 9.59 Å². The van der Waals surface area contributed by atoms with Gasteiger partial charge in [0.1, 0.15) is 0 Å². The summed E-state index contributed by atoms with van der Waals surface area (Å²) in [5.74, 6) is -1.25. The smallest absolute Gasteiger partial charge is 0.311 e. The monoisotopic (exact) mass is 530 g/mol. The summed E-state index contributed by atoms with van der Waals surface area (Å²) in [5, 5.41) is 3.09. The number of carbonyl (C=O) groups is 2. The summed E-state index contributed by atoms with van der Waals surface area (Å²) < 4.78 is 5.18. The minimum absolute atomic E-state index is 0.182. The van der Waals surface area contributed by atoms with Crippen molar-refractivity contribution in [2.75, 3.05) is 7.11 Å². The molecule has 5 nitrogen and oxygen atoms in total. The van der Waals surface area contributed by atoms with E-state index in [1.54, 1.807) is 0 Å². The SMILES string of the molecule is C=C(N)c1cccc(CC(C(=O)OC)C(/C=C/c2ccccc2)NC(=O)Cc2ccc(-c3ccccc3)cc2)c1. The molecule has 202 valence electrons. The van der Waals surface area contributed by atoms with Gasteiger partial charge in [0.2, 0.25) is 5.91 Å². The first-order chi connectivity index (χ1) is 19.4. The molecule has 0 radical (unpaired) electrons. The number of ether oxygens (including phenoxy) is 1. The summed E-state index contributed by atoms with van der Waals surface area (Å²) in [6.07, 6.45) is 4.30. The number of methoxy groups -OCH3 is 1. The van der Waals surface area contributed by atoms with Crippen molar-refractivity contribution in [1.29, 1.82) is 0 Å². The highest BCUT2D eigenvalue weighted by Gasteiger charge is 2.29. The molecule has 4 rings (SSSR count). The highest BCUT2D eigenvalue weighted by atomic mass is 16.5. The summed E-state index contributed by atoms with van der Waals surface area (Å²) in [6, 6.07) is 34.8. The zero-order valence-corrected chi connectivity index (χ0v) is 22.6. The van der Waals surface area contributed by atoms with Gasteiger partial charge in [0.15, 0.2) is 0 Å². The zero-order valence-electron chi connectivity index (χ0n) is 22.6. The van der Waals surface area contributed by atoms with Crippen LogP contribution in [0.5, 0.6) is 0 Å². The van der Waals surface area contributed by atoms with Crippen molar-refractivity contribution >= 4 is 23.6 Å². The van der Waals surface area contributed by atoms with E-state index in [1.807, 2.05) is 109 Å². The van der Waals surface area contributed by atoms with Crippen molar-refractivity contribution in [2.45, 2.75) is 18.9 Å². The Labute approximate surface area is 236 Å². The molecule has 0 fully saturated rings. The average Bonchev–Trinajstić information content (AvgIpc) is 2.99. The van der Waals surface area contributed by atoms with Gasteiger partial charge in [0.25, 0.3) is 0 Å². The van der Waals surface area contributed by atoms with Gasteiger partial charge in [-0.3, -0.25) is 9.59 Å². The first-order valence-corrected chi connectivity index (χ1v) is 13.2. The molecule has 4 aromatic carbocycles. The van der Waals surface area contributed by atoms with Crippen LogP contribution >= 0.6 is 0 Å². The standard InChI is InChI=1S/C35H34N2O3/c1-25(36)31-15-9-12-28(22-31)23-32(35(39)40-2)33(21-18-26-10-5-3-6-11-26)37-34(38)24-27-16-19-30(20-17-27)29-13-7-4-8-14-29/h3-22,32-33H,1,23-24,36H2,2H3,(H,37,38)/b21-18+. The van der Waals surface area contributed by atoms with Crippen LogP contribution in [-0.4, -0.2) is 25.0 Å². The Morgan fingerprint density at radius 2 is 1.50 bits per heavy atom. The molecule has 0 aliphatic carbocycles. The van der Waals surface area contributed by atoms with Gasteiger partial charge in [-0.2, -0.15) is 0 Å². The van der Waals surface area contributed by atoms with Gasteiger partial charge in [-0.25, -0.2) is 0 Å². The molecule has 0 spiro atoms. The molecule has 0 aromatic heterocycles. The molecule has 2 unspecified atom stereocenters. The maximum atomic E-state index is 13.3. The van der Waals surface area contributed by atoms with Gasteiger partial charge in [0.05, 0.1) is 25.5 Å². The second-order valence-corrected chi connectivity index (χ2v) is 9.66. The van der Waals surface area contributed by atoms with Crippen LogP contribution in [0.15, 0.2) is 122 Å². The second kappa shape index (κ2) is 13.8. The van der Waals surface area contributed by atoms with Gasteiger partial charge in [-0.1, -0.05) is 122 Å². The van der Waals surface area contributed by atoms with Gasteiger partial charge < -0.3 is 15.8 Å². The van der Waals surface area contributed by atoms with E-state index in [-0.39, 0.29) is 12.3 Å². The van der Waals surface area contributed by atoms with Crippen LogP contribution in [0.4, 0.5) is 0 Å². The summed E-state index contributed by atoms with van der Waals surface area (Å²) in [6.45, 7) is 3.81. The number of nitrogens with two attached hydrogens (primary N) is 1. The van der Waals surface area contributed by atoms with E-state index in [1.165, 1.54) is 7.11 Å². The lowest BCUT2D eigenvalue weighted by Crippen LogP contribution is -2.44. The topological polar surface area (TPSA) is 81.4 Å². The van der Waals surface area contributed by atoms with Gasteiger partial charge in [-0.15, -0.1) is 0 Å². The number of hydrogen-bond acceptors (Lipinski definition) is 4. The van der Waals surface area contributed by atoms with Crippen molar-refractivity contribution in [2.24, 2.45) is 11.7 Å². The first kappa shape index (κ1) is 28.1. The van der Waals surface area contributed by atoms with E-state index >= 15 is 0 Å². The molecule has 0 aliphatic rings. The Kier molecular flexibility index (Phi) is 9.67. The van der Waals surface area contributed by atoms with Crippen LogP contribution in [0, 0.1) is 5.92 Å². The minimum Gasteiger partial charge on any atom is -0.469 e. The van der Waals surface area contributed by atoms with Crippen molar-refractivity contribution < 1.29 is 14.3 Å². The normalized spacial score (nSPS) is 12.4. The van der Waals surface area contributed by atoms with Gasteiger partial charge in [0, 0.05) is 5.70 Å². The van der Waals surface area contributed by atoms with E-state index in [4.69, 9.17) is 10.5 Å². The van der Waals surface area contributed by atoms with E-state index in [0.29, 0.717) is 12.1 Å². The quantitative estimate of drug-likeness (QED) is 0.231. The maximum Gasteiger partial charge on any atom is 0.311 e. The van der Waals surface area contributed by atoms with Crippen LogP contribution in [0.25, 0.3) is 22.9 Å². The number of esters is 1. The third-order valence-electron chi connectivity index (χ3n) is 6.74. The van der Waals surface area contributed by atoms with Gasteiger partial charge in [-0.05, 0) is 45.9 Å². The van der Waals surface area contributed by atoms with Crippen molar-refractivity contribution in [3.8, 4) is 11.1 Å². The molecule has 4 aromatic rings. The Hall–Kier alpha value is -4.90. The van der Waals surface area contributed by atoms with Crippen molar-refractivity contribution in [3.05, 3.63) is 144 Å². The molecule has 0 saturated carbocycles. The lowest BCUT2D eigenvalue weighted by Gasteiger charge is -2.24. The van der Waals surface area contributed by atoms with Gasteiger partial charge >= 0.3 is 5.97 Å². The summed E-state index contributed by atoms with van der Waals surface area (Å²) in [7, 11) is 1.36. The fourth-order valence-electron chi connectivity index (χ4n) is 4.59. The molecular weight excluding hydrogens is 496 g/mol. The molecule has 0 aliphatic heterocycles. The third-order valence-corrected chi connectivity index (χ3v) is 6.74. The van der Waals surface area contributed by atoms with E-state index < -0.39 is 17.9 Å². The number of hydrogen-bond donors (Lipinski definition) is 2. The molecule has 3 N–H and O–H groups in total. The molecule has 1 amide bonds. The zero-order chi connectivity index (χ0) is 28.3. The second-order valence-electron chi connectivity index (χ2n) is 9.66. The van der Waals surface area contributed by atoms with Crippen LogP contribution in [-0.2, 0) is 27.2 Å². The Morgan fingerprint density at radius 3 is 2.15 bits per heavy atom. The number of nitrogens with one attached hydrogen (secondary N) is 1. The highest BCUT2D eigenvalue weighted by molar-refractivity contribution is 5.82. The maximum absolute atomic E-state index is 13.3. The summed E-state index contributed by atoms with van der Waals surface area (Å²) >= 11 is 0. The molecule has 40 heavy (non-hydrogen) atoms. The molecule has 2 atom stereocenters. The molecule has 0 bridgehead atoms. The van der Waals surface area contributed by atoms with Crippen LogP contribution in [0.1, 0.15) is 22.3 Å². The van der Waals surface area contributed by atoms with E-state index in [0.717, 1.165) is 33.4 Å². The summed E-state index contributed by atoms with van der Waals surface area (Å²) in [4.78, 5) is 26.3. The predicted octanol–water partition coefficient (Wildman–Crippen LogP) is 6.06. The number of rotatable bonds is 11.